The van der Waals surface area contributed by atoms with Gasteiger partial charge in [-0.3, -0.25) is 14.2 Å². The molecular weight excluding hydrogens is 432 g/mol. The van der Waals surface area contributed by atoms with Gasteiger partial charge in [0.15, 0.2) is 5.76 Å². The minimum absolute atomic E-state index is 0.0655. The molecule has 1 amide bonds. The van der Waals surface area contributed by atoms with E-state index in [1.54, 1.807) is 11.5 Å². The van der Waals surface area contributed by atoms with Crippen LogP contribution < -0.4 is 5.32 Å². The van der Waals surface area contributed by atoms with Crippen LogP contribution in [0.3, 0.4) is 0 Å². The summed E-state index contributed by atoms with van der Waals surface area (Å²) >= 11 is 0. The van der Waals surface area contributed by atoms with Crippen molar-refractivity contribution in [1.29, 1.82) is 0 Å². The quantitative estimate of drug-likeness (QED) is 0.595. The molecule has 1 aromatic heterocycles. The van der Waals surface area contributed by atoms with E-state index in [0.29, 0.717) is 19.4 Å². The van der Waals surface area contributed by atoms with Crippen molar-refractivity contribution in [3.63, 3.8) is 0 Å². The highest BCUT2D eigenvalue weighted by atomic mass is 16.7. The van der Waals surface area contributed by atoms with Gasteiger partial charge in [-0.25, -0.2) is 0 Å². The highest BCUT2D eigenvalue weighted by Crippen LogP contribution is 2.42. The van der Waals surface area contributed by atoms with E-state index in [2.05, 4.69) is 5.32 Å². The molecule has 1 fully saturated rings. The minimum atomic E-state index is -0.613. The zero-order valence-electron chi connectivity index (χ0n) is 20.2. The predicted octanol–water partition coefficient (Wildman–Crippen LogP) is 4.50. The second-order valence-corrected chi connectivity index (χ2v) is 9.33. The van der Waals surface area contributed by atoms with Crippen LogP contribution in [-0.2, 0) is 14.3 Å². The number of para-hydroxylation sites is 1. The maximum absolute atomic E-state index is 13.2. The molecule has 3 atom stereocenters. The van der Waals surface area contributed by atoms with E-state index < -0.39 is 6.29 Å². The molecule has 2 aromatic rings. The highest BCUT2D eigenvalue weighted by molar-refractivity contribution is 5.95. The number of nitrogens with zero attached hydrogens (tertiary/aromatic N) is 1. The van der Waals surface area contributed by atoms with E-state index in [9.17, 15) is 14.7 Å². The Hall–Kier alpha value is -2.64. The van der Waals surface area contributed by atoms with Gasteiger partial charge in [0, 0.05) is 49.6 Å². The van der Waals surface area contributed by atoms with Gasteiger partial charge in [0.05, 0.1) is 5.52 Å². The first-order valence-electron chi connectivity index (χ1n) is 12.6. The molecular formula is C27H36N2O5. The molecule has 2 N–H and O–H groups in total. The fourth-order valence-corrected chi connectivity index (χ4v) is 5.36. The van der Waals surface area contributed by atoms with Crippen LogP contribution in [0.15, 0.2) is 42.3 Å². The number of benzene rings is 1. The number of ether oxygens (including phenoxy) is 2. The Labute approximate surface area is 201 Å². The average Bonchev–Trinajstić information content (AvgIpc) is 3.23. The molecule has 0 bridgehead atoms. The molecule has 0 radical (unpaired) electrons. The van der Waals surface area contributed by atoms with Gasteiger partial charge in [-0.15, -0.1) is 0 Å². The summed E-state index contributed by atoms with van der Waals surface area (Å²) in [5.74, 6) is -0.313. The van der Waals surface area contributed by atoms with Crippen LogP contribution in [0.4, 0.5) is 0 Å². The molecule has 0 saturated heterocycles. The van der Waals surface area contributed by atoms with Gasteiger partial charge in [0.1, 0.15) is 0 Å². The number of aliphatic hydroxyl groups is 1. The largest absolute Gasteiger partial charge is 0.459 e. The highest BCUT2D eigenvalue weighted by Gasteiger charge is 2.39. The lowest BCUT2D eigenvalue weighted by Crippen LogP contribution is -2.42. The normalized spacial score (nSPS) is 23.4. The van der Waals surface area contributed by atoms with Gasteiger partial charge in [-0.1, -0.05) is 37.5 Å². The Morgan fingerprint density at radius 3 is 2.68 bits per heavy atom. The van der Waals surface area contributed by atoms with Crippen molar-refractivity contribution >= 4 is 22.7 Å². The zero-order chi connectivity index (χ0) is 24.1. The number of aromatic nitrogens is 1. The molecule has 34 heavy (non-hydrogen) atoms. The Morgan fingerprint density at radius 2 is 1.97 bits per heavy atom. The molecule has 184 valence electrons. The number of carbonyl (C=O) groups is 2. The van der Waals surface area contributed by atoms with Crippen molar-refractivity contribution < 1.29 is 24.2 Å². The van der Waals surface area contributed by atoms with Crippen molar-refractivity contribution in [2.24, 2.45) is 5.92 Å². The summed E-state index contributed by atoms with van der Waals surface area (Å²) in [6.45, 7) is 3.96. The molecule has 1 aromatic carbocycles. The Morgan fingerprint density at radius 1 is 1.21 bits per heavy atom. The van der Waals surface area contributed by atoms with Crippen LogP contribution in [0.5, 0.6) is 0 Å². The number of amides is 1. The van der Waals surface area contributed by atoms with Crippen LogP contribution in [0, 0.1) is 5.92 Å². The van der Waals surface area contributed by atoms with Crippen LogP contribution in [-0.4, -0.2) is 47.0 Å². The van der Waals surface area contributed by atoms with Crippen LogP contribution in [0.2, 0.25) is 0 Å². The van der Waals surface area contributed by atoms with Crippen LogP contribution in [0.25, 0.3) is 10.9 Å². The van der Waals surface area contributed by atoms with Gasteiger partial charge >= 0.3 is 0 Å². The van der Waals surface area contributed by atoms with E-state index in [0.717, 1.165) is 42.1 Å². The molecule has 1 aliphatic carbocycles. The summed E-state index contributed by atoms with van der Waals surface area (Å²) in [6.07, 6.45) is 9.87. The minimum Gasteiger partial charge on any atom is -0.459 e. The molecule has 1 saturated carbocycles. The third kappa shape index (κ3) is 5.20. The number of fused-ring (bicyclic) bond motifs is 1. The molecule has 2 aliphatic rings. The summed E-state index contributed by atoms with van der Waals surface area (Å²) < 4.78 is 13.8. The molecule has 2 heterocycles. The lowest BCUT2D eigenvalue weighted by Gasteiger charge is -2.37. The lowest BCUT2D eigenvalue weighted by molar-refractivity contribution is -0.166. The third-order valence-electron chi connectivity index (χ3n) is 7.02. The van der Waals surface area contributed by atoms with Crippen LogP contribution in [0.1, 0.15) is 75.1 Å². The predicted molar refractivity (Wildman–Crippen MR) is 130 cm³/mol. The second kappa shape index (κ2) is 11.2. The number of allylic oxidation sites excluding steroid dienone is 1. The van der Waals surface area contributed by atoms with E-state index in [1.165, 1.54) is 6.42 Å². The fraction of sp³-hybridized carbons (Fsp3) is 0.556. The number of hydrogen-bond acceptors (Lipinski definition) is 5. The van der Waals surface area contributed by atoms with Gasteiger partial charge in [-0.2, -0.15) is 0 Å². The second-order valence-electron chi connectivity index (χ2n) is 9.33. The molecule has 7 heteroatoms. The number of nitrogens with one attached hydrogen (secondary N) is 1. The molecule has 0 unspecified atom stereocenters. The molecule has 1 aliphatic heterocycles. The van der Waals surface area contributed by atoms with Crippen molar-refractivity contribution in [2.75, 3.05) is 13.2 Å². The fourth-order valence-electron chi connectivity index (χ4n) is 5.36. The number of rotatable bonds is 8. The van der Waals surface area contributed by atoms with Gasteiger partial charge in [0.2, 0.25) is 12.2 Å². The number of aliphatic hydroxyl groups excluding tert-OH is 1. The Balaban J connectivity index is 1.75. The van der Waals surface area contributed by atoms with Crippen molar-refractivity contribution in [3.8, 4) is 0 Å². The summed E-state index contributed by atoms with van der Waals surface area (Å²) in [7, 11) is 0. The maximum atomic E-state index is 13.2. The summed E-state index contributed by atoms with van der Waals surface area (Å²) in [6, 6.07) is 7.98. The first-order valence-corrected chi connectivity index (χ1v) is 12.6. The van der Waals surface area contributed by atoms with Crippen molar-refractivity contribution in [2.45, 2.75) is 77.0 Å². The van der Waals surface area contributed by atoms with E-state index >= 15 is 0 Å². The van der Waals surface area contributed by atoms with Crippen LogP contribution >= 0.6 is 0 Å². The summed E-state index contributed by atoms with van der Waals surface area (Å²) in [4.78, 5) is 25.6. The Bertz CT molecular complexity index is 1040. The first-order chi connectivity index (χ1) is 16.5. The maximum Gasteiger partial charge on any atom is 0.286 e. The smallest absolute Gasteiger partial charge is 0.286 e. The summed E-state index contributed by atoms with van der Waals surface area (Å²) in [5, 5.41) is 13.7. The van der Waals surface area contributed by atoms with Gasteiger partial charge in [0.25, 0.3) is 5.91 Å². The topological polar surface area (TPSA) is 89.8 Å². The Kier molecular flexibility index (Phi) is 8.06. The third-order valence-corrected chi connectivity index (χ3v) is 7.02. The van der Waals surface area contributed by atoms with E-state index in [1.807, 2.05) is 43.5 Å². The van der Waals surface area contributed by atoms with E-state index in [-0.39, 0.29) is 42.1 Å². The van der Waals surface area contributed by atoms with Gasteiger partial charge < -0.3 is 19.9 Å². The standard InChI is InChI=1S/C27H36N2O5/c1-3-33-27-21(13-9-15-30)22(16-25(34-27)26(32)28-19-10-5-4-6-11-19)23-17-29(18(2)31)24-14-8-7-12-20(23)24/h7-8,12,14,16-17,19,21-22,27,30H,3-6,9-11,13,15H2,1-2H3,(H,28,32)/t21-,22-,27+/m0/s1. The first kappa shape index (κ1) is 24.5. The van der Waals surface area contributed by atoms with E-state index in [4.69, 9.17) is 9.47 Å². The zero-order valence-corrected chi connectivity index (χ0v) is 20.2. The average molecular weight is 469 g/mol. The molecule has 4 rings (SSSR count). The van der Waals surface area contributed by atoms with Gasteiger partial charge in [-0.05, 0) is 50.3 Å². The van der Waals surface area contributed by atoms with Crippen molar-refractivity contribution in [3.05, 3.63) is 47.9 Å². The SMILES string of the molecule is CCO[C@@H]1OC(C(=O)NC2CCCCC2)=C[C@H](c2cn(C(C)=O)c3ccccc23)[C@@H]1CCCO. The van der Waals surface area contributed by atoms with Crippen molar-refractivity contribution in [1.82, 2.24) is 9.88 Å². The lowest BCUT2D eigenvalue weighted by atomic mass is 9.80. The number of carbonyl (C=O) groups excluding carboxylic acids is 2. The molecule has 7 nitrogen and oxygen atoms in total. The summed E-state index contributed by atoms with van der Waals surface area (Å²) in [5.41, 5.74) is 1.80. The molecule has 0 spiro atoms. The number of hydrogen-bond donors (Lipinski definition) is 2. The monoisotopic (exact) mass is 468 g/mol.